The summed E-state index contributed by atoms with van der Waals surface area (Å²) in [4.78, 5) is 4.90. The van der Waals surface area contributed by atoms with Gasteiger partial charge in [-0.25, -0.2) is 0 Å². The van der Waals surface area contributed by atoms with Gasteiger partial charge >= 0.3 is 0 Å². The number of fused-ring (bicyclic) bond motifs is 3. The molecular weight excluding hydrogens is 633 g/mol. The van der Waals surface area contributed by atoms with Crippen LogP contribution >= 0.6 is 0 Å². The van der Waals surface area contributed by atoms with E-state index < -0.39 is 0 Å². The minimum absolute atomic E-state index is 0.497. The van der Waals surface area contributed by atoms with Crippen LogP contribution in [0.2, 0.25) is 0 Å². The molecule has 0 aliphatic carbocycles. The van der Waals surface area contributed by atoms with Crippen LogP contribution in [0.4, 0.5) is 34.1 Å². The Bertz CT molecular complexity index is 2060. The van der Waals surface area contributed by atoms with Crippen LogP contribution < -0.4 is 21.3 Å². The highest BCUT2D eigenvalue weighted by molar-refractivity contribution is 6.23. The minimum atomic E-state index is 0.497. The molecule has 0 aromatic heterocycles. The molecular formula is C48H50N4. The fraction of sp³-hybridized carbons (Fsp3) is 0.208. The van der Waals surface area contributed by atoms with Gasteiger partial charge in [-0.2, -0.15) is 0 Å². The highest BCUT2D eigenvalue weighted by Crippen LogP contribution is 2.53. The fourth-order valence-electron chi connectivity index (χ4n) is 7.32. The normalized spacial score (nSPS) is 11.3. The molecule has 0 atom stereocenters. The molecule has 0 aliphatic rings. The van der Waals surface area contributed by atoms with E-state index in [1.54, 1.807) is 0 Å². The van der Waals surface area contributed by atoms with Crippen molar-refractivity contribution in [2.75, 3.05) is 9.80 Å². The van der Waals surface area contributed by atoms with Crippen molar-refractivity contribution in [1.29, 1.82) is 0 Å². The summed E-state index contributed by atoms with van der Waals surface area (Å²) in [5.74, 6) is 0. The van der Waals surface area contributed by atoms with Gasteiger partial charge in [-0.15, -0.1) is 0 Å². The van der Waals surface area contributed by atoms with Crippen LogP contribution in [0.15, 0.2) is 146 Å². The van der Waals surface area contributed by atoms with Crippen molar-refractivity contribution in [2.45, 2.75) is 65.5 Å². The Morgan fingerprint density at radius 1 is 0.365 bits per heavy atom. The third-order valence-electron chi connectivity index (χ3n) is 10.2. The number of nitrogens with zero attached hydrogens (tertiary/aromatic N) is 2. The first-order valence-corrected chi connectivity index (χ1v) is 18.9. The molecule has 4 N–H and O–H groups in total. The first-order valence-electron chi connectivity index (χ1n) is 18.9. The van der Waals surface area contributed by atoms with Crippen LogP contribution in [-0.2, 0) is 25.9 Å². The molecule has 7 rings (SSSR count). The van der Waals surface area contributed by atoms with Crippen LogP contribution in [0.25, 0.3) is 21.5 Å². The quantitative estimate of drug-likeness (QED) is 0.0885. The van der Waals surface area contributed by atoms with Gasteiger partial charge in [0.2, 0.25) is 0 Å². The second-order valence-electron chi connectivity index (χ2n) is 13.7. The van der Waals surface area contributed by atoms with Crippen LogP contribution in [0.3, 0.4) is 0 Å². The Morgan fingerprint density at radius 3 is 0.942 bits per heavy atom. The summed E-state index contributed by atoms with van der Waals surface area (Å²) in [6.45, 7) is 5.50. The number of anilines is 6. The van der Waals surface area contributed by atoms with E-state index in [-0.39, 0.29) is 0 Å². The van der Waals surface area contributed by atoms with Crippen molar-refractivity contribution in [3.63, 3.8) is 0 Å². The first-order chi connectivity index (χ1) is 25.6. The smallest absolute Gasteiger partial charge is 0.0788 e. The van der Waals surface area contributed by atoms with E-state index in [2.05, 4.69) is 169 Å². The van der Waals surface area contributed by atoms with Crippen LogP contribution in [0.1, 0.15) is 61.8 Å². The first kappa shape index (κ1) is 35.0. The number of aryl methyl sites for hydroxylation is 2. The molecule has 0 spiro atoms. The van der Waals surface area contributed by atoms with E-state index in [1.165, 1.54) is 58.4 Å². The third-order valence-corrected chi connectivity index (χ3v) is 10.2. The summed E-state index contributed by atoms with van der Waals surface area (Å²) in [6.07, 6.45) is 6.86. The number of rotatable bonds is 14. The number of unbranched alkanes of at least 4 members (excludes halogenated alkanes) is 2. The molecule has 0 heterocycles. The SMILES string of the molecule is CCCCc1ccc(N(c2ccc(CN)cc2)c2c(N(c3ccc(CN)cc3)c3ccc(CCCC)cc3)c3ccccc3c3ccccc23)cc1. The predicted octanol–water partition coefficient (Wildman–Crippen LogP) is 12.5. The average molecular weight is 683 g/mol. The average Bonchev–Trinajstić information content (AvgIpc) is 3.21. The Labute approximate surface area is 309 Å². The van der Waals surface area contributed by atoms with E-state index in [9.17, 15) is 0 Å². The maximum absolute atomic E-state index is 6.11. The van der Waals surface area contributed by atoms with Gasteiger partial charge < -0.3 is 21.3 Å². The maximum atomic E-state index is 6.11. The number of benzene rings is 7. The van der Waals surface area contributed by atoms with Gasteiger partial charge in [0.1, 0.15) is 0 Å². The summed E-state index contributed by atoms with van der Waals surface area (Å²) < 4.78 is 0. The third kappa shape index (κ3) is 7.18. The zero-order valence-electron chi connectivity index (χ0n) is 30.6. The molecule has 52 heavy (non-hydrogen) atoms. The predicted molar refractivity (Wildman–Crippen MR) is 224 cm³/mol. The van der Waals surface area contributed by atoms with Gasteiger partial charge in [0.15, 0.2) is 0 Å². The number of hydrogen-bond donors (Lipinski definition) is 2. The molecule has 0 unspecified atom stereocenters. The molecule has 0 saturated heterocycles. The Kier molecular flexibility index (Phi) is 11.0. The Balaban J connectivity index is 1.58. The van der Waals surface area contributed by atoms with Crippen molar-refractivity contribution in [2.24, 2.45) is 11.5 Å². The van der Waals surface area contributed by atoms with E-state index in [1.807, 2.05) is 0 Å². The molecule has 0 radical (unpaired) electrons. The summed E-state index contributed by atoms with van der Waals surface area (Å²) in [6, 6.07) is 53.5. The summed E-state index contributed by atoms with van der Waals surface area (Å²) >= 11 is 0. The van der Waals surface area contributed by atoms with Crippen molar-refractivity contribution in [3.05, 3.63) is 168 Å². The van der Waals surface area contributed by atoms with E-state index in [0.29, 0.717) is 13.1 Å². The molecule has 4 nitrogen and oxygen atoms in total. The van der Waals surface area contributed by atoms with Crippen LogP contribution in [-0.4, -0.2) is 0 Å². The molecule has 262 valence electrons. The molecule has 4 heteroatoms. The zero-order valence-corrected chi connectivity index (χ0v) is 30.6. The fourth-order valence-corrected chi connectivity index (χ4v) is 7.32. The van der Waals surface area contributed by atoms with Crippen molar-refractivity contribution in [3.8, 4) is 0 Å². The van der Waals surface area contributed by atoms with E-state index in [4.69, 9.17) is 11.5 Å². The molecule has 0 fully saturated rings. The molecule has 7 aromatic rings. The van der Waals surface area contributed by atoms with Gasteiger partial charge in [-0.1, -0.05) is 124 Å². The largest absolute Gasteiger partial charge is 0.326 e. The lowest BCUT2D eigenvalue weighted by Crippen LogP contribution is -2.18. The van der Waals surface area contributed by atoms with E-state index in [0.717, 1.165) is 58.1 Å². The zero-order chi connectivity index (χ0) is 35.9. The monoisotopic (exact) mass is 682 g/mol. The standard InChI is InChI=1S/C48H50N4/c1-3-5-11-35-17-25-39(26-18-35)51(41-29-21-37(33-49)22-30-41)47-45-15-9-7-13-43(45)44-14-8-10-16-46(44)48(47)52(42-31-23-38(34-50)24-32-42)40-27-19-36(20-28-40)12-6-4-2/h7-10,13-32H,3-6,11-12,33-34,49-50H2,1-2H3. The van der Waals surface area contributed by atoms with Crippen molar-refractivity contribution in [1.82, 2.24) is 0 Å². The summed E-state index contributed by atoms with van der Waals surface area (Å²) in [5, 5.41) is 4.79. The van der Waals surface area contributed by atoms with Gasteiger partial charge in [0.05, 0.1) is 11.4 Å². The topological polar surface area (TPSA) is 58.5 Å². The molecule has 7 aromatic carbocycles. The van der Waals surface area contributed by atoms with Gasteiger partial charge in [-0.05, 0) is 107 Å². The van der Waals surface area contributed by atoms with Crippen molar-refractivity contribution >= 4 is 55.7 Å². The Morgan fingerprint density at radius 2 is 0.654 bits per heavy atom. The minimum Gasteiger partial charge on any atom is -0.326 e. The van der Waals surface area contributed by atoms with Gasteiger partial charge in [0.25, 0.3) is 0 Å². The van der Waals surface area contributed by atoms with Gasteiger partial charge in [-0.3, -0.25) is 0 Å². The molecule has 0 amide bonds. The molecule has 0 saturated carbocycles. The molecule has 0 aliphatic heterocycles. The second-order valence-corrected chi connectivity index (χ2v) is 13.7. The highest BCUT2D eigenvalue weighted by atomic mass is 15.2. The van der Waals surface area contributed by atoms with Gasteiger partial charge in [0, 0.05) is 46.6 Å². The van der Waals surface area contributed by atoms with Crippen LogP contribution in [0.5, 0.6) is 0 Å². The highest BCUT2D eigenvalue weighted by Gasteiger charge is 2.27. The summed E-state index contributed by atoms with van der Waals surface area (Å²) in [5.41, 5.74) is 23.8. The van der Waals surface area contributed by atoms with Crippen molar-refractivity contribution < 1.29 is 0 Å². The summed E-state index contributed by atoms with van der Waals surface area (Å²) in [7, 11) is 0. The number of hydrogen-bond acceptors (Lipinski definition) is 4. The number of nitrogens with two attached hydrogens (primary N) is 2. The molecule has 0 bridgehead atoms. The lowest BCUT2D eigenvalue weighted by Gasteiger charge is -2.35. The van der Waals surface area contributed by atoms with E-state index >= 15 is 0 Å². The van der Waals surface area contributed by atoms with Crippen LogP contribution in [0, 0.1) is 0 Å². The lowest BCUT2D eigenvalue weighted by atomic mass is 9.95. The second kappa shape index (κ2) is 16.3. The lowest BCUT2D eigenvalue weighted by molar-refractivity contribution is 0.795. The maximum Gasteiger partial charge on any atom is 0.0788 e. The Hall–Kier alpha value is -5.42.